The average molecular weight is 218 g/mol. The molecule has 0 aliphatic rings. The van der Waals surface area contributed by atoms with E-state index in [0.717, 1.165) is 0 Å². The van der Waals surface area contributed by atoms with E-state index in [4.69, 9.17) is 4.42 Å². The maximum atomic E-state index is 11.3. The van der Waals surface area contributed by atoms with Gasteiger partial charge in [0.15, 0.2) is 0 Å². The molecule has 0 unspecified atom stereocenters. The van der Waals surface area contributed by atoms with Crippen molar-refractivity contribution in [3.63, 3.8) is 0 Å². The van der Waals surface area contributed by atoms with E-state index in [0.29, 0.717) is 12.3 Å². The van der Waals surface area contributed by atoms with Crippen LogP contribution < -0.4 is 10.0 Å². The van der Waals surface area contributed by atoms with Crippen molar-refractivity contribution in [1.29, 1.82) is 0 Å². The molecule has 0 spiro atoms. The highest BCUT2D eigenvalue weighted by molar-refractivity contribution is 7.89. The van der Waals surface area contributed by atoms with E-state index in [1.54, 1.807) is 19.2 Å². The van der Waals surface area contributed by atoms with Crippen LogP contribution in [0, 0.1) is 0 Å². The van der Waals surface area contributed by atoms with Crippen molar-refractivity contribution in [3.05, 3.63) is 24.2 Å². The molecule has 5 nitrogen and oxygen atoms in total. The van der Waals surface area contributed by atoms with Gasteiger partial charge in [0.05, 0.1) is 18.6 Å². The third kappa shape index (κ3) is 3.91. The van der Waals surface area contributed by atoms with Crippen LogP contribution in [0.3, 0.4) is 0 Å². The summed E-state index contributed by atoms with van der Waals surface area (Å²) in [5.74, 6) is 0.683. The minimum absolute atomic E-state index is 0.0736. The molecule has 0 aliphatic heterocycles. The second-order valence-electron chi connectivity index (χ2n) is 2.82. The van der Waals surface area contributed by atoms with E-state index < -0.39 is 10.0 Å². The Bertz CT molecular complexity index is 345. The van der Waals surface area contributed by atoms with Gasteiger partial charge in [-0.3, -0.25) is 0 Å². The quantitative estimate of drug-likeness (QED) is 0.700. The van der Waals surface area contributed by atoms with Crippen LogP contribution in [0.1, 0.15) is 5.76 Å². The first-order chi connectivity index (χ1) is 6.64. The molecule has 0 saturated carbocycles. The number of furan rings is 1. The van der Waals surface area contributed by atoms with Crippen LogP contribution in [0.4, 0.5) is 0 Å². The summed E-state index contributed by atoms with van der Waals surface area (Å²) in [4.78, 5) is 0. The molecule has 1 rings (SSSR count). The van der Waals surface area contributed by atoms with Crippen molar-refractivity contribution in [1.82, 2.24) is 10.0 Å². The number of hydrogen-bond donors (Lipinski definition) is 2. The Hall–Kier alpha value is -0.850. The van der Waals surface area contributed by atoms with Gasteiger partial charge in [-0.15, -0.1) is 0 Å². The molecule has 0 atom stereocenters. The fraction of sp³-hybridized carbons (Fsp3) is 0.500. The molecule has 2 N–H and O–H groups in total. The van der Waals surface area contributed by atoms with Crippen molar-refractivity contribution >= 4 is 10.0 Å². The molecule has 1 aromatic heterocycles. The van der Waals surface area contributed by atoms with E-state index in [1.165, 1.54) is 6.26 Å². The van der Waals surface area contributed by atoms with Crippen LogP contribution in [-0.2, 0) is 16.6 Å². The predicted octanol–water partition coefficient (Wildman–Crippen LogP) is -0.0816. The molecule has 80 valence electrons. The second-order valence-corrected chi connectivity index (χ2v) is 4.75. The normalized spacial score (nSPS) is 11.8. The molecule has 0 saturated heterocycles. The number of nitrogens with one attached hydrogen (secondary N) is 2. The second kappa shape index (κ2) is 5.14. The summed E-state index contributed by atoms with van der Waals surface area (Å²) in [6.07, 6.45) is 1.51. The minimum atomic E-state index is -3.19. The Kier molecular flexibility index (Phi) is 4.12. The summed E-state index contributed by atoms with van der Waals surface area (Å²) in [5.41, 5.74) is 0. The van der Waals surface area contributed by atoms with Gasteiger partial charge in [0.25, 0.3) is 0 Å². The van der Waals surface area contributed by atoms with Gasteiger partial charge in [-0.05, 0) is 19.2 Å². The Labute approximate surface area is 83.5 Å². The minimum Gasteiger partial charge on any atom is -0.468 e. The van der Waals surface area contributed by atoms with Crippen molar-refractivity contribution in [3.8, 4) is 0 Å². The molecule has 1 heterocycles. The molecule has 0 aliphatic carbocycles. The zero-order valence-corrected chi connectivity index (χ0v) is 8.80. The third-order valence-electron chi connectivity index (χ3n) is 1.67. The maximum absolute atomic E-state index is 11.3. The third-order valence-corrected chi connectivity index (χ3v) is 2.99. The molecule has 6 heteroatoms. The SMILES string of the molecule is CNCCS(=O)(=O)NCc1ccco1. The van der Waals surface area contributed by atoms with E-state index in [-0.39, 0.29) is 12.3 Å². The van der Waals surface area contributed by atoms with Crippen LogP contribution in [0.5, 0.6) is 0 Å². The first-order valence-corrected chi connectivity index (χ1v) is 5.93. The zero-order valence-electron chi connectivity index (χ0n) is 7.99. The summed E-state index contributed by atoms with van der Waals surface area (Å²) in [6, 6.07) is 3.44. The lowest BCUT2D eigenvalue weighted by Gasteiger charge is -2.04. The molecule has 0 amide bonds. The molecule has 0 bridgehead atoms. The summed E-state index contributed by atoms with van der Waals surface area (Å²) >= 11 is 0. The molecular weight excluding hydrogens is 204 g/mol. The Morgan fingerprint density at radius 2 is 2.29 bits per heavy atom. The number of sulfonamides is 1. The summed E-state index contributed by atoms with van der Waals surface area (Å²) in [6.45, 7) is 0.645. The van der Waals surface area contributed by atoms with Crippen molar-refractivity contribution < 1.29 is 12.8 Å². The van der Waals surface area contributed by atoms with Gasteiger partial charge in [0, 0.05) is 6.54 Å². The van der Waals surface area contributed by atoms with Gasteiger partial charge in [-0.1, -0.05) is 0 Å². The zero-order chi connectivity index (χ0) is 10.4. The molecule has 14 heavy (non-hydrogen) atoms. The summed E-state index contributed by atoms with van der Waals surface area (Å²) in [5, 5.41) is 2.77. The Morgan fingerprint density at radius 1 is 1.50 bits per heavy atom. The van der Waals surface area contributed by atoms with Gasteiger partial charge in [0.1, 0.15) is 5.76 Å². The summed E-state index contributed by atoms with van der Waals surface area (Å²) in [7, 11) is -1.48. The molecule has 0 radical (unpaired) electrons. The fourth-order valence-electron chi connectivity index (χ4n) is 0.903. The first kappa shape index (κ1) is 11.2. The van der Waals surface area contributed by atoms with Crippen molar-refractivity contribution in [2.75, 3.05) is 19.3 Å². The van der Waals surface area contributed by atoms with Gasteiger partial charge in [0.2, 0.25) is 10.0 Å². The highest BCUT2D eigenvalue weighted by Gasteiger charge is 2.09. The number of rotatable bonds is 6. The van der Waals surface area contributed by atoms with Gasteiger partial charge in [-0.25, -0.2) is 13.1 Å². The van der Waals surface area contributed by atoms with Crippen molar-refractivity contribution in [2.45, 2.75) is 6.54 Å². The lowest BCUT2D eigenvalue weighted by atomic mass is 10.5. The van der Waals surface area contributed by atoms with E-state index in [2.05, 4.69) is 10.0 Å². The number of hydrogen-bond acceptors (Lipinski definition) is 4. The lowest BCUT2D eigenvalue weighted by Crippen LogP contribution is -2.30. The highest BCUT2D eigenvalue weighted by atomic mass is 32.2. The molecular formula is C8H14N2O3S. The van der Waals surface area contributed by atoms with Crippen molar-refractivity contribution in [2.24, 2.45) is 0 Å². The Balaban J connectivity index is 2.37. The fourth-order valence-corrected chi connectivity index (χ4v) is 1.88. The lowest BCUT2D eigenvalue weighted by molar-refractivity contribution is 0.498. The van der Waals surface area contributed by atoms with Gasteiger partial charge >= 0.3 is 0 Å². The monoisotopic (exact) mass is 218 g/mol. The topological polar surface area (TPSA) is 71.3 Å². The predicted molar refractivity (Wildman–Crippen MR) is 53.3 cm³/mol. The molecule has 0 aromatic carbocycles. The smallest absolute Gasteiger partial charge is 0.213 e. The average Bonchev–Trinajstić information content (AvgIpc) is 2.64. The van der Waals surface area contributed by atoms with Crippen LogP contribution in [-0.4, -0.2) is 27.8 Å². The van der Waals surface area contributed by atoms with E-state index in [1.807, 2.05) is 0 Å². The van der Waals surface area contributed by atoms with Gasteiger partial charge < -0.3 is 9.73 Å². The van der Waals surface area contributed by atoms with Crippen LogP contribution in [0.15, 0.2) is 22.8 Å². The largest absolute Gasteiger partial charge is 0.468 e. The van der Waals surface area contributed by atoms with Crippen LogP contribution in [0.25, 0.3) is 0 Å². The Morgan fingerprint density at radius 3 is 2.86 bits per heavy atom. The molecule has 1 aromatic rings. The maximum Gasteiger partial charge on any atom is 0.213 e. The molecule has 0 fully saturated rings. The highest BCUT2D eigenvalue weighted by Crippen LogP contribution is 1.99. The van der Waals surface area contributed by atoms with Crippen LogP contribution >= 0.6 is 0 Å². The first-order valence-electron chi connectivity index (χ1n) is 4.28. The standard InChI is InChI=1S/C8H14N2O3S/c1-9-4-6-14(11,12)10-7-8-3-2-5-13-8/h2-3,5,9-10H,4,6-7H2,1H3. The van der Waals surface area contributed by atoms with E-state index in [9.17, 15) is 8.42 Å². The summed E-state index contributed by atoms with van der Waals surface area (Å²) < 4.78 is 30.0. The van der Waals surface area contributed by atoms with Gasteiger partial charge in [-0.2, -0.15) is 0 Å². The van der Waals surface area contributed by atoms with Crippen LogP contribution in [0.2, 0.25) is 0 Å². The van der Waals surface area contributed by atoms with E-state index >= 15 is 0 Å².